The molecule has 5 nitrogen and oxygen atoms in total. The summed E-state index contributed by atoms with van der Waals surface area (Å²) in [5, 5.41) is 11.4. The van der Waals surface area contributed by atoms with E-state index in [0.717, 1.165) is 25.7 Å². The molecule has 1 saturated carbocycles. The van der Waals surface area contributed by atoms with Gasteiger partial charge in [0.2, 0.25) is 0 Å². The average Bonchev–Trinajstić information content (AvgIpc) is 2.21. The lowest BCUT2D eigenvalue weighted by atomic mass is 9.80. The molecule has 17 heavy (non-hydrogen) atoms. The van der Waals surface area contributed by atoms with Gasteiger partial charge in [0.1, 0.15) is 6.04 Å². The van der Waals surface area contributed by atoms with Gasteiger partial charge in [-0.15, -0.1) is 6.58 Å². The van der Waals surface area contributed by atoms with E-state index in [0.29, 0.717) is 6.42 Å². The first-order valence-corrected chi connectivity index (χ1v) is 5.92. The van der Waals surface area contributed by atoms with Crippen LogP contribution < -0.4 is 5.32 Å². The van der Waals surface area contributed by atoms with E-state index in [4.69, 9.17) is 9.84 Å². The molecule has 0 radical (unpaired) electrons. The van der Waals surface area contributed by atoms with Crippen LogP contribution in [0.25, 0.3) is 0 Å². The number of rotatable bonds is 7. The van der Waals surface area contributed by atoms with Crippen LogP contribution in [0.15, 0.2) is 12.7 Å². The number of allylic oxidation sites excluding steroid dienone is 1. The Morgan fingerprint density at radius 1 is 1.53 bits per heavy atom. The van der Waals surface area contributed by atoms with E-state index < -0.39 is 18.1 Å². The predicted molar refractivity (Wildman–Crippen MR) is 62.7 cm³/mol. The minimum atomic E-state index is -0.988. The Bertz CT molecular complexity index is 286. The summed E-state index contributed by atoms with van der Waals surface area (Å²) in [6.45, 7) is 3.84. The highest BCUT2D eigenvalue weighted by Crippen LogP contribution is 2.29. The van der Waals surface area contributed by atoms with Gasteiger partial charge in [0.05, 0.1) is 6.61 Å². The van der Waals surface area contributed by atoms with Crippen molar-refractivity contribution in [2.75, 3.05) is 6.61 Å². The van der Waals surface area contributed by atoms with Crippen molar-refractivity contribution in [3.63, 3.8) is 0 Å². The molecule has 1 aliphatic rings. The molecule has 1 amide bonds. The number of hydrogen-bond donors (Lipinski definition) is 2. The van der Waals surface area contributed by atoms with E-state index >= 15 is 0 Å². The quantitative estimate of drug-likeness (QED) is 0.527. The molecule has 1 aliphatic carbocycles. The molecule has 0 heterocycles. The minimum absolute atomic E-state index is 0.0493. The van der Waals surface area contributed by atoms with Crippen molar-refractivity contribution in [3.05, 3.63) is 12.7 Å². The van der Waals surface area contributed by atoms with Crippen LogP contribution in [0.1, 0.15) is 32.1 Å². The summed E-state index contributed by atoms with van der Waals surface area (Å²) in [5.41, 5.74) is 0. The summed E-state index contributed by atoms with van der Waals surface area (Å²) in [6.07, 6.45) is 5.33. The van der Waals surface area contributed by atoms with Crippen LogP contribution in [0.4, 0.5) is 4.79 Å². The molecule has 0 aromatic rings. The second kappa shape index (κ2) is 6.93. The van der Waals surface area contributed by atoms with Crippen molar-refractivity contribution in [1.29, 1.82) is 0 Å². The molecular weight excluding hydrogens is 222 g/mol. The fraction of sp³-hybridized carbons (Fsp3) is 0.667. The van der Waals surface area contributed by atoms with Gasteiger partial charge in [-0.05, 0) is 31.6 Å². The molecule has 0 bridgehead atoms. The topological polar surface area (TPSA) is 75.6 Å². The number of hydrogen-bond acceptors (Lipinski definition) is 3. The lowest BCUT2D eigenvalue weighted by Gasteiger charge is -2.31. The van der Waals surface area contributed by atoms with Crippen molar-refractivity contribution in [3.8, 4) is 0 Å². The van der Waals surface area contributed by atoms with Crippen LogP contribution in [0, 0.1) is 5.92 Å². The molecular formula is C12H19NO4. The van der Waals surface area contributed by atoms with E-state index in [9.17, 15) is 9.59 Å². The second-order valence-electron chi connectivity index (χ2n) is 4.22. The fourth-order valence-corrected chi connectivity index (χ4v) is 1.72. The van der Waals surface area contributed by atoms with Crippen molar-refractivity contribution < 1.29 is 19.4 Å². The highest BCUT2D eigenvalue weighted by Gasteiger charge is 2.33. The average molecular weight is 241 g/mol. The maximum absolute atomic E-state index is 11.3. The van der Waals surface area contributed by atoms with Crippen molar-refractivity contribution in [2.45, 2.75) is 38.1 Å². The van der Waals surface area contributed by atoms with E-state index in [1.165, 1.54) is 0 Å². The highest BCUT2D eigenvalue weighted by molar-refractivity contribution is 5.80. The standard InChI is InChI=1S/C12H19NO4/c1-2-3-4-8-17-12(16)13-10(11(14)15)9-6-5-7-9/h2,9-10H,1,3-8H2,(H,13,16)(H,14,15). The molecule has 1 fully saturated rings. The lowest BCUT2D eigenvalue weighted by Crippen LogP contribution is -2.48. The number of carboxylic acid groups (broad SMARTS) is 1. The third-order valence-electron chi connectivity index (χ3n) is 2.95. The molecule has 1 rings (SSSR count). The van der Waals surface area contributed by atoms with Crippen molar-refractivity contribution in [2.24, 2.45) is 5.92 Å². The SMILES string of the molecule is C=CCCCOC(=O)NC(C(=O)O)C1CCC1. The smallest absolute Gasteiger partial charge is 0.407 e. The van der Waals surface area contributed by atoms with Gasteiger partial charge in [0.25, 0.3) is 0 Å². The van der Waals surface area contributed by atoms with Gasteiger partial charge >= 0.3 is 12.1 Å². The van der Waals surface area contributed by atoms with Crippen LogP contribution in [0.3, 0.4) is 0 Å². The first-order valence-electron chi connectivity index (χ1n) is 5.92. The first kappa shape index (κ1) is 13.5. The third kappa shape index (κ3) is 4.46. The Labute approximate surface area is 101 Å². The first-order chi connectivity index (χ1) is 8.15. The molecule has 0 aromatic heterocycles. The van der Waals surface area contributed by atoms with E-state index in [-0.39, 0.29) is 12.5 Å². The lowest BCUT2D eigenvalue weighted by molar-refractivity contribution is -0.141. The van der Waals surface area contributed by atoms with Gasteiger partial charge in [-0.1, -0.05) is 12.5 Å². The monoisotopic (exact) mass is 241 g/mol. The molecule has 1 atom stereocenters. The molecule has 0 aromatic carbocycles. The Kier molecular flexibility index (Phi) is 5.52. The van der Waals surface area contributed by atoms with Crippen molar-refractivity contribution in [1.82, 2.24) is 5.32 Å². The molecule has 2 N–H and O–H groups in total. The van der Waals surface area contributed by atoms with Crippen LogP contribution in [0.5, 0.6) is 0 Å². The maximum atomic E-state index is 11.3. The van der Waals surface area contributed by atoms with Crippen LogP contribution in [0.2, 0.25) is 0 Å². The zero-order valence-corrected chi connectivity index (χ0v) is 9.85. The summed E-state index contributed by atoms with van der Waals surface area (Å²) >= 11 is 0. The Hall–Kier alpha value is -1.52. The van der Waals surface area contributed by atoms with E-state index in [1.807, 2.05) is 0 Å². The van der Waals surface area contributed by atoms with Gasteiger partial charge in [-0.3, -0.25) is 0 Å². The molecule has 1 unspecified atom stereocenters. The molecule has 0 aliphatic heterocycles. The summed E-state index contributed by atoms with van der Waals surface area (Å²) in [5.74, 6) is -0.939. The maximum Gasteiger partial charge on any atom is 0.407 e. The van der Waals surface area contributed by atoms with Gasteiger partial charge < -0.3 is 15.2 Å². The largest absolute Gasteiger partial charge is 0.480 e. The van der Waals surface area contributed by atoms with Crippen LogP contribution >= 0.6 is 0 Å². The Morgan fingerprint density at radius 3 is 2.71 bits per heavy atom. The molecule has 0 saturated heterocycles. The third-order valence-corrected chi connectivity index (χ3v) is 2.95. The number of carbonyl (C=O) groups is 2. The number of ether oxygens (including phenoxy) is 1. The van der Waals surface area contributed by atoms with Gasteiger partial charge in [0, 0.05) is 0 Å². The zero-order chi connectivity index (χ0) is 12.7. The minimum Gasteiger partial charge on any atom is -0.480 e. The highest BCUT2D eigenvalue weighted by atomic mass is 16.5. The van der Waals surface area contributed by atoms with Gasteiger partial charge in [0.15, 0.2) is 0 Å². The zero-order valence-electron chi connectivity index (χ0n) is 9.85. The molecule has 0 spiro atoms. The Balaban J connectivity index is 2.26. The number of aliphatic carboxylic acids is 1. The number of alkyl carbamates (subject to hydrolysis) is 1. The van der Waals surface area contributed by atoms with Crippen LogP contribution in [-0.4, -0.2) is 29.8 Å². The number of unbranched alkanes of at least 4 members (excludes halogenated alkanes) is 1. The van der Waals surface area contributed by atoms with Crippen LogP contribution in [-0.2, 0) is 9.53 Å². The summed E-state index contributed by atoms with van der Waals surface area (Å²) < 4.78 is 4.88. The van der Waals surface area contributed by atoms with Gasteiger partial charge in [-0.2, -0.15) is 0 Å². The summed E-state index contributed by atoms with van der Waals surface area (Å²) in [4.78, 5) is 22.3. The number of carbonyl (C=O) groups excluding carboxylic acids is 1. The molecule has 5 heteroatoms. The van der Waals surface area contributed by atoms with E-state index in [1.54, 1.807) is 6.08 Å². The summed E-state index contributed by atoms with van der Waals surface area (Å²) in [7, 11) is 0. The number of carboxylic acids is 1. The second-order valence-corrected chi connectivity index (χ2v) is 4.22. The predicted octanol–water partition coefficient (Wildman–Crippen LogP) is 1.93. The number of nitrogens with one attached hydrogen (secondary N) is 1. The molecule has 96 valence electrons. The van der Waals surface area contributed by atoms with E-state index in [2.05, 4.69) is 11.9 Å². The van der Waals surface area contributed by atoms with Gasteiger partial charge in [-0.25, -0.2) is 9.59 Å². The number of amides is 1. The summed E-state index contributed by atoms with van der Waals surface area (Å²) in [6, 6.07) is -0.810. The normalized spacial score (nSPS) is 16.7. The Morgan fingerprint density at radius 2 is 2.24 bits per heavy atom. The fourth-order valence-electron chi connectivity index (χ4n) is 1.72. The van der Waals surface area contributed by atoms with Crippen molar-refractivity contribution >= 4 is 12.1 Å².